The van der Waals surface area contributed by atoms with Crippen LogP contribution in [0.5, 0.6) is 0 Å². The van der Waals surface area contributed by atoms with E-state index < -0.39 is 17.6 Å². The SMILES string of the molecule is CC(=O)C(=Cc1cccc(F)c1)C(=O)OC(C)C. The molecule has 96 valence electrons. The van der Waals surface area contributed by atoms with Crippen molar-refractivity contribution in [2.75, 3.05) is 0 Å². The lowest BCUT2D eigenvalue weighted by atomic mass is 10.1. The number of benzene rings is 1. The molecule has 0 bridgehead atoms. The van der Waals surface area contributed by atoms with E-state index in [-0.39, 0.29) is 11.7 Å². The third-order valence-electron chi connectivity index (χ3n) is 2.10. The Morgan fingerprint density at radius 3 is 2.50 bits per heavy atom. The van der Waals surface area contributed by atoms with Gasteiger partial charge in [-0.3, -0.25) is 4.79 Å². The van der Waals surface area contributed by atoms with Crippen LogP contribution in [0.3, 0.4) is 0 Å². The van der Waals surface area contributed by atoms with Crippen molar-refractivity contribution in [1.29, 1.82) is 0 Å². The monoisotopic (exact) mass is 250 g/mol. The minimum atomic E-state index is -0.693. The molecular formula is C14H15FO3. The number of halogens is 1. The first-order valence-corrected chi connectivity index (χ1v) is 5.59. The third kappa shape index (κ3) is 4.13. The third-order valence-corrected chi connectivity index (χ3v) is 2.10. The number of esters is 1. The van der Waals surface area contributed by atoms with Crippen LogP contribution in [0.25, 0.3) is 6.08 Å². The van der Waals surface area contributed by atoms with Crippen molar-refractivity contribution in [2.24, 2.45) is 0 Å². The maximum atomic E-state index is 13.0. The van der Waals surface area contributed by atoms with E-state index in [0.717, 1.165) is 0 Å². The number of Topliss-reactive ketones (excluding diaryl/α,β-unsaturated/α-hetero) is 1. The van der Waals surface area contributed by atoms with E-state index in [0.29, 0.717) is 5.56 Å². The molecule has 0 aliphatic rings. The smallest absolute Gasteiger partial charge is 0.342 e. The summed E-state index contributed by atoms with van der Waals surface area (Å²) in [6, 6.07) is 5.64. The molecule has 1 aromatic carbocycles. The summed E-state index contributed by atoms with van der Waals surface area (Å²) < 4.78 is 18.0. The molecule has 4 heteroatoms. The predicted molar refractivity (Wildman–Crippen MR) is 66.3 cm³/mol. The average Bonchev–Trinajstić information content (AvgIpc) is 2.24. The molecule has 0 aromatic heterocycles. The second-order valence-corrected chi connectivity index (χ2v) is 4.12. The van der Waals surface area contributed by atoms with Gasteiger partial charge in [0.05, 0.1) is 6.10 Å². The van der Waals surface area contributed by atoms with Crippen LogP contribution in [0.2, 0.25) is 0 Å². The second kappa shape index (κ2) is 6.10. The van der Waals surface area contributed by atoms with Crippen molar-refractivity contribution in [3.05, 3.63) is 41.2 Å². The van der Waals surface area contributed by atoms with Gasteiger partial charge in [0, 0.05) is 0 Å². The quantitative estimate of drug-likeness (QED) is 0.357. The number of hydrogen-bond acceptors (Lipinski definition) is 3. The van der Waals surface area contributed by atoms with Gasteiger partial charge in [-0.2, -0.15) is 0 Å². The number of ether oxygens (including phenoxy) is 1. The van der Waals surface area contributed by atoms with Crippen molar-refractivity contribution in [3.8, 4) is 0 Å². The second-order valence-electron chi connectivity index (χ2n) is 4.12. The fourth-order valence-electron chi connectivity index (χ4n) is 1.34. The molecule has 0 amide bonds. The highest BCUT2D eigenvalue weighted by molar-refractivity contribution is 6.19. The molecule has 0 atom stereocenters. The molecule has 1 aromatic rings. The molecule has 0 aliphatic heterocycles. The van der Waals surface area contributed by atoms with E-state index >= 15 is 0 Å². The summed E-state index contributed by atoms with van der Waals surface area (Å²) >= 11 is 0. The van der Waals surface area contributed by atoms with Crippen LogP contribution in [-0.4, -0.2) is 17.9 Å². The molecule has 3 nitrogen and oxygen atoms in total. The Hall–Kier alpha value is -1.97. The van der Waals surface area contributed by atoms with Crippen LogP contribution in [0.4, 0.5) is 4.39 Å². The van der Waals surface area contributed by atoms with Gasteiger partial charge >= 0.3 is 5.97 Å². The summed E-state index contributed by atoms with van der Waals surface area (Å²) in [6.07, 6.45) is 1.02. The van der Waals surface area contributed by atoms with Crippen molar-refractivity contribution in [3.63, 3.8) is 0 Å². The molecule has 1 rings (SSSR count). The van der Waals surface area contributed by atoms with Crippen LogP contribution < -0.4 is 0 Å². The van der Waals surface area contributed by atoms with Gasteiger partial charge in [-0.1, -0.05) is 12.1 Å². The summed E-state index contributed by atoms with van der Waals surface area (Å²) in [5.41, 5.74) is 0.357. The van der Waals surface area contributed by atoms with Gasteiger partial charge in [-0.05, 0) is 44.5 Å². The van der Waals surface area contributed by atoms with Crippen LogP contribution in [-0.2, 0) is 14.3 Å². The Kier molecular flexibility index (Phi) is 4.77. The van der Waals surface area contributed by atoms with Crippen molar-refractivity contribution in [2.45, 2.75) is 26.9 Å². The maximum absolute atomic E-state index is 13.0. The molecule has 0 fully saturated rings. The first-order chi connectivity index (χ1) is 8.40. The summed E-state index contributed by atoms with van der Waals surface area (Å²) in [6.45, 7) is 4.66. The van der Waals surface area contributed by atoms with E-state index in [9.17, 15) is 14.0 Å². The zero-order chi connectivity index (χ0) is 13.7. The molecule has 0 spiro atoms. The van der Waals surface area contributed by atoms with Gasteiger partial charge in [-0.25, -0.2) is 9.18 Å². The van der Waals surface area contributed by atoms with Gasteiger partial charge < -0.3 is 4.74 Å². The highest BCUT2D eigenvalue weighted by atomic mass is 19.1. The maximum Gasteiger partial charge on any atom is 0.342 e. The first-order valence-electron chi connectivity index (χ1n) is 5.59. The summed E-state index contributed by atoms with van der Waals surface area (Å²) in [5, 5.41) is 0. The molecule has 0 N–H and O–H groups in total. The van der Waals surface area contributed by atoms with Crippen molar-refractivity contribution in [1.82, 2.24) is 0 Å². The molecule has 0 radical (unpaired) electrons. The lowest BCUT2D eigenvalue weighted by Gasteiger charge is -2.08. The zero-order valence-electron chi connectivity index (χ0n) is 10.6. The highest BCUT2D eigenvalue weighted by Crippen LogP contribution is 2.12. The fraction of sp³-hybridized carbons (Fsp3) is 0.286. The van der Waals surface area contributed by atoms with Gasteiger partial charge in [0.25, 0.3) is 0 Å². The number of carbonyl (C=O) groups is 2. The lowest BCUT2D eigenvalue weighted by molar-refractivity contribution is -0.143. The number of rotatable bonds is 4. The lowest BCUT2D eigenvalue weighted by Crippen LogP contribution is -2.17. The average molecular weight is 250 g/mol. The highest BCUT2D eigenvalue weighted by Gasteiger charge is 2.17. The molecule has 0 saturated heterocycles. The van der Waals surface area contributed by atoms with Crippen LogP contribution >= 0.6 is 0 Å². The Bertz CT molecular complexity index is 490. The number of carbonyl (C=O) groups excluding carboxylic acids is 2. The Balaban J connectivity index is 3.05. The largest absolute Gasteiger partial charge is 0.459 e. The van der Waals surface area contributed by atoms with Gasteiger partial charge in [0.2, 0.25) is 0 Å². The van der Waals surface area contributed by atoms with Gasteiger partial charge in [-0.15, -0.1) is 0 Å². The van der Waals surface area contributed by atoms with Crippen LogP contribution in [0, 0.1) is 5.82 Å². The molecule has 18 heavy (non-hydrogen) atoms. The Morgan fingerprint density at radius 2 is 2.00 bits per heavy atom. The van der Waals surface area contributed by atoms with E-state index in [1.54, 1.807) is 19.9 Å². The molecule has 0 unspecified atom stereocenters. The van der Waals surface area contributed by atoms with E-state index in [1.165, 1.54) is 31.2 Å². The molecular weight excluding hydrogens is 235 g/mol. The Labute approximate surface area is 105 Å². The van der Waals surface area contributed by atoms with E-state index in [4.69, 9.17) is 4.74 Å². The minimum Gasteiger partial charge on any atom is -0.459 e. The van der Waals surface area contributed by atoms with Crippen LogP contribution in [0.15, 0.2) is 29.8 Å². The van der Waals surface area contributed by atoms with Crippen molar-refractivity contribution >= 4 is 17.8 Å². The van der Waals surface area contributed by atoms with Gasteiger partial charge in [0.15, 0.2) is 5.78 Å². The topological polar surface area (TPSA) is 43.4 Å². The van der Waals surface area contributed by atoms with Crippen LogP contribution in [0.1, 0.15) is 26.3 Å². The number of hydrogen-bond donors (Lipinski definition) is 0. The standard InChI is InChI=1S/C14H15FO3/c1-9(2)18-14(17)13(10(3)16)8-11-5-4-6-12(15)7-11/h4-9H,1-3H3. The number of ketones is 1. The Morgan fingerprint density at radius 1 is 1.33 bits per heavy atom. The summed E-state index contributed by atoms with van der Waals surface area (Å²) in [7, 11) is 0. The minimum absolute atomic E-state index is 0.0886. The van der Waals surface area contributed by atoms with E-state index in [2.05, 4.69) is 0 Å². The van der Waals surface area contributed by atoms with Crippen molar-refractivity contribution < 1.29 is 18.7 Å². The normalized spacial score (nSPS) is 11.5. The summed E-state index contributed by atoms with van der Waals surface area (Å²) in [4.78, 5) is 23.1. The zero-order valence-corrected chi connectivity index (χ0v) is 10.6. The molecule has 0 aliphatic carbocycles. The summed E-state index contributed by atoms with van der Waals surface area (Å²) in [5.74, 6) is -1.53. The molecule has 0 saturated carbocycles. The van der Waals surface area contributed by atoms with E-state index in [1.807, 2.05) is 0 Å². The fourth-order valence-corrected chi connectivity index (χ4v) is 1.34. The predicted octanol–water partition coefficient (Wildman–Crippen LogP) is 2.75. The molecule has 0 heterocycles. The van der Waals surface area contributed by atoms with Gasteiger partial charge in [0.1, 0.15) is 11.4 Å². The first kappa shape index (κ1) is 14.1.